The molecule has 20 heavy (non-hydrogen) atoms. The van der Waals surface area contributed by atoms with Crippen LogP contribution < -0.4 is 4.74 Å². The van der Waals surface area contributed by atoms with Crippen molar-refractivity contribution in [2.45, 2.75) is 19.4 Å². The highest BCUT2D eigenvalue weighted by molar-refractivity contribution is 5.69. The van der Waals surface area contributed by atoms with Gasteiger partial charge in [0.1, 0.15) is 12.4 Å². The second kappa shape index (κ2) is 7.28. The molecule has 0 bridgehead atoms. The highest BCUT2D eigenvalue weighted by Crippen LogP contribution is 2.12. The van der Waals surface area contributed by atoms with Crippen molar-refractivity contribution in [2.24, 2.45) is 0 Å². The lowest BCUT2D eigenvalue weighted by Gasteiger charge is -2.05. The van der Waals surface area contributed by atoms with Crippen LogP contribution in [0.4, 0.5) is 0 Å². The van der Waals surface area contributed by atoms with Gasteiger partial charge in [-0.05, 0) is 36.2 Å². The molecule has 0 fully saturated rings. The molecule has 0 aliphatic rings. The molecule has 4 heteroatoms. The molecular weight excluding hydrogens is 254 g/mol. The Kier molecular flexibility index (Phi) is 5.12. The van der Waals surface area contributed by atoms with E-state index in [1.807, 2.05) is 42.5 Å². The van der Waals surface area contributed by atoms with E-state index in [2.05, 4.69) is 4.98 Å². The zero-order valence-electron chi connectivity index (χ0n) is 11.4. The van der Waals surface area contributed by atoms with Crippen LogP contribution >= 0.6 is 0 Å². The van der Waals surface area contributed by atoms with Gasteiger partial charge in [-0.15, -0.1) is 0 Å². The van der Waals surface area contributed by atoms with Crippen LogP contribution in [0.3, 0.4) is 0 Å². The quantitative estimate of drug-likeness (QED) is 0.758. The highest BCUT2D eigenvalue weighted by atomic mass is 16.5. The minimum Gasteiger partial charge on any atom is -0.497 e. The summed E-state index contributed by atoms with van der Waals surface area (Å²) in [7, 11) is 1.63. The Labute approximate surface area is 118 Å². The molecule has 1 aromatic carbocycles. The lowest BCUT2D eigenvalue weighted by Crippen LogP contribution is -2.06. The van der Waals surface area contributed by atoms with Crippen LogP contribution in [0.25, 0.3) is 0 Å². The molecule has 2 aromatic rings. The van der Waals surface area contributed by atoms with Gasteiger partial charge in [0.25, 0.3) is 0 Å². The molecule has 0 unspecified atom stereocenters. The van der Waals surface area contributed by atoms with Gasteiger partial charge in [0.15, 0.2) is 0 Å². The first-order valence-corrected chi connectivity index (χ1v) is 6.46. The SMILES string of the molecule is COc1ccc(CCC(=O)OCc2ccccn2)cc1. The average Bonchev–Trinajstić information content (AvgIpc) is 2.52. The number of benzene rings is 1. The summed E-state index contributed by atoms with van der Waals surface area (Å²) in [6, 6.07) is 13.2. The molecule has 0 saturated heterocycles. The first-order valence-electron chi connectivity index (χ1n) is 6.46. The van der Waals surface area contributed by atoms with Crippen LogP contribution in [-0.2, 0) is 22.6 Å². The highest BCUT2D eigenvalue weighted by Gasteiger charge is 2.05. The van der Waals surface area contributed by atoms with E-state index in [-0.39, 0.29) is 12.6 Å². The predicted molar refractivity (Wildman–Crippen MR) is 75.3 cm³/mol. The second-order valence-corrected chi connectivity index (χ2v) is 4.33. The first kappa shape index (κ1) is 14.1. The number of pyridine rings is 1. The van der Waals surface area contributed by atoms with E-state index < -0.39 is 0 Å². The van der Waals surface area contributed by atoms with Crippen molar-refractivity contribution in [3.63, 3.8) is 0 Å². The maximum atomic E-state index is 11.6. The Hall–Kier alpha value is -2.36. The molecule has 0 aliphatic carbocycles. The van der Waals surface area contributed by atoms with Crippen LogP contribution in [0.2, 0.25) is 0 Å². The molecular formula is C16H17NO3. The van der Waals surface area contributed by atoms with Gasteiger partial charge in [0, 0.05) is 12.6 Å². The van der Waals surface area contributed by atoms with Crippen molar-refractivity contribution in [1.82, 2.24) is 4.98 Å². The second-order valence-electron chi connectivity index (χ2n) is 4.33. The van der Waals surface area contributed by atoms with E-state index in [1.54, 1.807) is 13.3 Å². The number of carbonyl (C=O) groups excluding carboxylic acids is 1. The number of hydrogen-bond acceptors (Lipinski definition) is 4. The number of aryl methyl sites for hydroxylation is 1. The minimum absolute atomic E-state index is 0.216. The summed E-state index contributed by atoms with van der Waals surface area (Å²) in [6.45, 7) is 0.224. The molecule has 0 atom stereocenters. The topological polar surface area (TPSA) is 48.4 Å². The third kappa shape index (κ3) is 4.39. The fourth-order valence-corrected chi connectivity index (χ4v) is 1.75. The zero-order chi connectivity index (χ0) is 14.2. The molecule has 0 spiro atoms. The number of aromatic nitrogens is 1. The van der Waals surface area contributed by atoms with Crippen LogP contribution in [0.15, 0.2) is 48.7 Å². The number of hydrogen-bond donors (Lipinski definition) is 0. The molecule has 1 aromatic heterocycles. The molecule has 104 valence electrons. The standard InChI is InChI=1S/C16H17NO3/c1-19-15-8-5-13(6-9-15)7-10-16(18)20-12-14-4-2-3-11-17-14/h2-6,8-9,11H,7,10,12H2,1H3. The average molecular weight is 271 g/mol. The number of nitrogens with zero attached hydrogens (tertiary/aromatic N) is 1. The largest absolute Gasteiger partial charge is 0.497 e. The van der Waals surface area contributed by atoms with Gasteiger partial charge in [-0.25, -0.2) is 0 Å². The fourth-order valence-electron chi connectivity index (χ4n) is 1.75. The van der Waals surface area contributed by atoms with E-state index in [0.29, 0.717) is 12.8 Å². The van der Waals surface area contributed by atoms with Gasteiger partial charge < -0.3 is 9.47 Å². The summed E-state index contributed by atoms with van der Waals surface area (Å²) < 4.78 is 10.3. The van der Waals surface area contributed by atoms with Crippen molar-refractivity contribution in [3.05, 3.63) is 59.9 Å². The molecule has 1 heterocycles. The van der Waals surface area contributed by atoms with Gasteiger partial charge in [-0.2, -0.15) is 0 Å². The van der Waals surface area contributed by atoms with Gasteiger partial charge in [0.2, 0.25) is 0 Å². The van der Waals surface area contributed by atoms with E-state index in [1.165, 1.54) is 0 Å². The van der Waals surface area contributed by atoms with Crippen molar-refractivity contribution in [3.8, 4) is 5.75 Å². The lowest BCUT2D eigenvalue weighted by atomic mass is 10.1. The minimum atomic E-state index is -0.216. The van der Waals surface area contributed by atoms with Crippen LogP contribution in [0, 0.1) is 0 Å². The van der Waals surface area contributed by atoms with Crippen LogP contribution in [0.1, 0.15) is 17.7 Å². The molecule has 2 rings (SSSR count). The molecule has 0 aliphatic heterocycles. The lowest BCUT2D eigenvalue weighted by molar-refractivity contribution is -0.145. The third-order valence-corrected chi connectivity index (χ3v) is 2.88. The molecule has 0 saturated carbocycles. The Morgan fingerprint density at radius 2 is 1.95 bits per heavy atom. The van der Waals surface area contributed by atoms with Crippen molar-refractivity contribution < 1.29 is 14.3 Å². The Bertz CT molecular complexity index is 537. The summed E-state index contributed by atoms with van der Waals surface area (Å²) >= 11 is 0. The van der Waals surface area contributed by atoms with E-state index in [0.717, 1.165) is 17.0 Å². The molecule has 4 nitrogen and oxygen atoms in total. The summed E-state index contributed by atoms with van der Waals surface area (Å²) in [5.41, 5.74) is 1.84. The van der Waals surface area contributed by atoms with Gasteiger partial charge >= 0.3 is 5.97 Å². The van der Waals surface area contributed by atoms with Crippen molar-refractivity contribution in [2.75, 3.05) is 7.11 Å². The summed E-state index contributed by atoms with van der Waals surface area (Å²) in [6.07, 6.45) is 2.70. The van der Waals surface area contributed by atoms with Crippen molar-refractivity contribution >= 4 is 5.97 Å². The monoisotopic (exact) mass is 271 g/mol. The van der Waals surface area contributed by atoms with E-state index >= 15 is 0 Å². The molecule has 0 amide bonds. The van der Waals surface area contributed by atoms with Crippen molar-refractivity contribution in [1.29, 1.82) is 0 Å². The Morgan fingerprint density at radius 3 is 2.60 bits per heavy atom. The fraction of sp³-hybridized carbons (Fsp3) is 0.250. The number of methoxy groups -OCH3 is 1. The Balaban J connectivity index is 1.74. The number of carbonyl (C=O) groups is 1. The first-order chi connectivity index (χ1) is 9.78. The van der Waals surface area contributed by atoms with E-state index in [4.69, 9.17) is 9.47 Å². The number of ether oxygens (including phenoxy) is 2. The third-order valence-electron chi connectivity index (χ3n) is 2.88. The summed E-state index contributed by atoms with van der Waals surface area (Å²) in [4.78, 5) is 15.7. The predicted octanol–water partition coefficient (Wildman–Crippen LogP) is 2.77. The molecule has 0 radical (unpaired) electrons. The normalized spacial score (nSPS) is 10.1. The Morgan fingerprint density at radius 1 is 1.15 bits per heavy atom. The van der Waals surface area contributed by atoms with Crippen LogP contribution in [0.5, 0.6) is 5.75 Å². The molecule has 0 N–H and O–H groups in total. The van der Waals surface area contributed by atoms with E-state index in [9.17, 15) is 4.79 Å². The summed E-state index contributed by atoms with van der Waals surface area (Å²) in [5.74, 6) is 0.595. The summed E-state index contributed by atoms with van der Waals surface area (Å²) in [5, 5.41) is 0. The maximum Gasteiger partial charge on any atom is 0.306 e. The maximum absolute atomic E-state index is 11.6. The smallest absolute Gasteiger partial charge is 0.306 e. The van der Waals surface area contributed by atoms with Gasteiger partial charge in [0.05, 0.1) is 12.8 Å². The zero-order valence-corrected chi connectivity index (χ0v) is 11.4. The van der Waals surface area contributed by atoms with Crippen LogP contribution in [-0.4, -0.2) is 18.1 Å². The number of rotatable bonds is 6. The number of esters is 1. The van der Waals surface area contributed by atoms with Gasteiger partial charge in [-0.1, -0.05) is 18.2 Å². The van der Waals surface area contributed by atoms with Gasteiger partial charge in [-0.3, -0.25) is 9.78 Å².